The Labute approximate surface area is 101 Å². The van der Waals surface area contributed by atoms with E-state index in [2.05, 4.69) is 9.97 Å². The Bertz CT molecular complexity index is 506. The summed E-state index contributed by atoms with van der Waals surface area (Å²) in [7, 11) is 0. The lowest BCUT2D eigenvalue weighted by Crippen LogP contribution is -2.04. The lowest BCUT2D eigenvalue weighted by molar-refractivity contribution is 0.0520. The molecule has 0 amide bonds. The van der Waals surface area contributed by atoms with E-state index in [1.54, 1.807) is 13.0 Å². The average Bonchev–Trinajstić information content (AvgIpc) is 2.85. The van der Waals surface area contributed by atoms with Crippen LogP contribution in [-0.4, -0.2) is 22.5 Å². The maximum atomic E-state index is 11.4. The molecule has 2 heterocycles. The number of esters is 1. The molecule has 0 aromatic carbocycles. The molecule has 4 nitrogen and oxygen atoms in total. The SMILES string of the molecule is CCOC(=O)c1c[nH]c(-c2ccc(Cl)s2)n1. The number of aromatic amines is 1. The number of nitrogens with zero attached hydrogens (tertiary/aromatic N) is 1. The fraction of sp³-hybridized carbons (Fsp3) is 0.200. The number of hydrogen-bond acceptors (Lipinski definition) is 4. The number of carbonyl (C=O) groups excluding carboxylic acids is 1. The molecular formula is C10H9ClN2O2S. The van der Waals surface area contributed by atoms with Gasteiger partial charge in [-0.05, 0) is 19.1 Å². The first kappa shape index (κ1) is 11.2. The molecule has 16 heavy (non-hydrogen) atoms. The number of ether oxygens (including phenoxy) is 1. The fourth-order valence-corrected chi connectivity index (χ4v) is 2.19. The van der Waals surface area contributed by atoms with E-state index in [1.165, 1.54) is 17.5 Å². The minimum atomic E-state index is -0.423. The summed E-state index contributed by atoms with van der Waals surface area (Å²) in [5.74, 6) is 0.201. The van der Waals surface area contributed by atoms with Gasteiger partial charge in [0.25, 0.3) is 0 Å². The largest absolute Gasteiger partial charge is 0.461 e. The van der Waals surface area contributed by atoms with Crippen molar-refractivity contribution in [1.82, 2.24) is 9.97 Å². The van der Waals surface area contributed by atoms with Crippen molar-refractivity contribution in [3.63, 3.8) is 0 Å². The van der Waals surface area contributed by atoms with Crippen LogP contribution in [0.3, 0.4) is 0 Å². The van der Waals surface area contributed by atoms with Crippen LogP contribution < -0.4 is 0 Å². The zero-order valence-electron chi connectivity index (χ0n) is 8.49. The third kappa shape index (κ3) is 2.25. The molecule has 2 aromatic rings. The van der Waals surface area contributed by atoms with Crippen molar-refractivity contribution in [2.45, 2.75) is 6.92 Å². The highest BCUT2D eigenvalue weighted by Crippen LogP contribution is 2.28. The van der Waals surface area contributed by atoms with E-state index in [-0.39, 0.29) is 5.69 Å². The van der Waals surface area contributed by atoms with Crippen LogP contribution in [0.4, 0.5) is 0 Å². The summed E-state index contributed by atoms with van der Waals surface area (Å²) in [5, 5.41) is 0. The molecule has 0 spiro atoms. The van der Waals surface area contributed by atoms with Crippen molar-refractivity contribution in [1.29, 1.82) is 0 Å². The number of hydrogen-bond donors (Lipinski definition) is 1. The number of halogens is 1. The van der Waals surface area contributed by atoms with Gasteiger partial charge in [0, 0.05) is 6.20 Å². The summed E-state index contributed by atoms with van der Waals surface area (Å²) in [4.78, 5) is 19.3. The van der Waals surface area contributed by atoms with Gasteiger partial charge in [0.15, 0.2) is 5.69 Å². The second-order valence-electron chi connectivity index (χ2n) is 2.96. The second kappa shape index (κ2) is 4.67. The van der Waals surface area contributed by atoms with E-state index in [9.17, 15) is 4.79 Å². The van der Waals surface area contributed by atoms with E-state index in [4.69, 9.17) is 16.3 Å². The number of rotatable bonds is 3. The number of H-pyrrole nitrogens is 1. The third-order valence-electron chi connectivity index (χ3n) is 1.87. The van der Waals surface area contributed by atoms with E-state index in [0.29, 0.717) is 16.8 Å². The Morgan fingerprint density at radius 2 is 2.44 bits per heavy atom. The first-order valence-corrected chi connectivity index (χ1v) is 5.88. The molecular weight excluding hydrogens is 248 g/mol. The van der Waals surface area contributed by atoms with Gasteiger partial charge in [-0.2, -0.15) is 0 Å². The highest BCUT2D eigenvalue weighted by Gasteiger charge is 2.12. The van der Waals surface area contributed by atoms with Gasteiger partial charge in [0.05, 0.1) is 15.8 Å². The normalized spacial score (nSPS) is 10.4. The maximum Gasteiger partial charge on any atom is 0.358 e. The smallest absolute Gasteiger partial charge is 0.358 e. The van der Waals surface area contributed by atoms with Crippen molar-refractivity contribution < 1.29 is 9.53 Å². The molecule has 0 fully saturated rings. The molecule has 0 aliphatic heterocycles. The molecule has 0 aliphatic rings. The first-order valence-electron chi connectivity index (χ1n) is 4.69. The molecule has 0 aliphatic carbocycles. The molecule has 0 bridgehead atoms. The van der Waals surface area contributed by atoms with Crippen molar-refractivity contribution in [3.05, 3.63) is 28.4 Å². The Hall–Kier alpha value is -1.33. The number of carbonyl (C=O) groups is 1. The summed E-state index contributed by atoms with van der Waals surface area (Å²) in [5.41, 5.74) is 0.279. The van der Waals surface area contributed by atoms with Crippen molar-refractivity contribution in [3.8, 4) is 10.7 Å². The standard InChI is InChI=1S/C10H9ClN2O2S/c1-2-15-10(14)6-5-12-9(13-6)7-3-4-8(11)16-7/h3-5H,2H2,1H3,(H,12,13). The van der Waals surface area contributed by atoms with Crippen molar-refractivity contribution in [2.24, 2.45) is 0 Å². The average molecular weight is 257 g/mol. The van der Waals surface area contributed by atoms with Crippen molar-refractivity contribution in [2.75, 3.05) is 6.61 Å². The Balaban J connectivity index is 2.22. The highest BCUT2D eigenvalue weighted by atomic mass is 35.5. The summed E-state index contributed by atoms with van der Waals surface area (Å²) in [6.45, 7) is 2.09. The predicted molar refractivity (Wildman–Crippen MR) is 62.9 cm³/mol. The van der Waals surface area contributed by atoms with Crippen LogP contribution in [0.1, 0.15) is 17.4 Å². The summed E-state index contributed by atoms with van der Waals surface area (Å²) >= 11 is 7.21. The predicted octanol–water partition coefficient (Wildman–Crippen LogP) is 2.97. The minimum Gasteiger partial charge on any atom is -0.461 e. The number of aromatic nitrogens is 2. The van der Waals surface area contributed by atoms with Gasteiger partial charge in [-0.25, -0.2) is 9.78 Å². The van der Waals surface area contributed by atoms with Crippen LogP contribution >= 0.6 is 22.9 Å². The topological polar surface area (TPSA) is 55.0 Å². The van der Waals surface area contributed by atoms with E-state index < -0.39 is 5.97 Å². The molecule has 0 radical (unpaired) electrons. The number of thiophene rings is 1. The van der Waals surface area contributed by atoms with Gasteiger partial charge in [-0.1, -0.05) is 11.6 Å². The Morgan fingerprint density at radius 3 is 3.06 bits per heavy atom. The van der Waals surface area contributed by atoms with Crippen LogP contribution in [-0.2, 0) is 4.74 Å². The van der Waals surface area contributed by atoms with Crippen LogP contribution in [0.5, 0.6) is 0 Å². The molecule has 0 unspecified atom stereocenters. The van der Waals surface area contributed by atoms with E-state index >= 15 is 0 Å². The molecule has 0 saturated carbocycles. The van der Waals surface area contributed by atoms with Gasteiger partial charge in [-0.15, -0.1) is 11.3 Å². The van der Waals surface area contributed by atoms with Gasteiger partial charge in [0.1, 0.15) is 5.82 Å². The lowest BCUT2D eigenvalue weighted by Gasteiger charge is -1.95. The molecule has 2 aromatic heterocycles. The quantitative estimate of drug-likeness (QED) is 0.859. The van der Waals surface area contributed by atoms with E-state index in [0.717, 1.165) is 4.88 Å². The third-order valence-corrected chi connectivity index (χ3v) is 3.11. The molecule has 1 N–H and O–H groups in total. The molecule has 0 saturated heterocycles. The molecule has 6 heteroatoms. The minimum absolute atomic E-state index is 0.279. The summed E-state index contributed by atoms with van der Waals surface area (Å²) in [6, 6.07) is 3.63. The zero-order valence-corrected chi connectivity index (χ0v) is 10.1. The second-order valence-corrected chi connectivity index (χ2v) is 4.67. The van der Waals surface area contributed by atoms with Crippen LogP contribution in [0, 0.1) is 0 Å². The van der Waals surface area contributed by atoms with Crippen LogP contribution in [0.15, 0.2) is 18.3 Å². The summed E-state index contributed by atoms with van der Waals surface area (Å²) < 4.78 is 5.52. The Kier molecular flexibility index (Phi) is 3.26. The number of nitrogens with one attached hydrogen (secondary N) is 1. The maximum absolute atomic E-state index is 11.4. The van der Waals surface area contributed by atoms with Gasteiger partial charge < -0.3 is 9.72 Å². The molecule has 2 rings (SSSR count). The molecule has 0 atom stereocenters. The van der Waals surface area contributed by atoms with Crippen LogP contribution in [0.25, 0.3) is 10.7 Å². The monoisotopic (exact) mass is 256 g/mol. The summed E-state index contributed by atoms with van der Waals surface area (Å²) in [6.07, 6.45) is 1.53. The van der Waals surface area contributed by atoms with E-state index in [1.807, 2.05) is 6.07 Å². The highest BCUT2D eigenvalue weighted by molar-refractivity contribution is 7.19. The van der Waals surface area contributed by atoms with Gasteiger partial charge in [0.2, 0.25) is 0 Å². The van der Waals surface area contributed by atoms with Gasteiger partial charge in [-0.3, -0.25) is 0 Å². The first-order chi connectivity index (χ1) is 7.70. The molecule has 84 valence electrons. The van der Waals surface area contributed by atoms with Crippen molar-refractivity contribution >= 4 is 28.9 Å². The van der Waals surface area contributed by atoms with Crippen LogP contribution in [0.2, 0.25) is 4.34 Å². The number of imidazole rings is 1. The Morgan fingerprint density at radius 1 is 1.62 bits per heavy atom. The fourth-order valence-electron chi connectivity index (χ4n) is 1.20. The zero-order chi connectivity index (χ0) is 11.5. The lowest BCUT2D eigenvalue weighted by atomic mass is 10.4. The van der Waals surface area contributed by atoms with Gasteiger partial charge >= 0.3 is 5.97 Å².